The van der Waals surface area contributed by atoms with Crippen molar-refractivity contribution in [2.24, 2.45) is 5.10 Å². The molecule has 3 heterocycles. The van der Waals surface area contributed by atoms with Gasteiger partial charge in [0.05, 0.1) is 32.5 Å². The Morgan fingerprint density at radius 2 is 1.84 bits per heavy atom. The van der Waals surface area contributed by atoms with Gasteiger partial charge in [-0.2, -0.15) is 5.10 Å². The lowest BCUT2D eigenvalue weighted by Gasteiger charge is -2.30. The fraction of sp³-hybridized carbons (Fsp3) is 0.310. The molecule has 0 aliphatic carbocycles. The molecule has 8 heteroatoms. The van der Waals surface area contributed by atoms with E-state index < -0.39 is 0 Å². The van der Waals surface area contributed by atoms with Crippen LogP contribution in [0, 0.1) is 0 Å². The van der Waals surface area contributed by atoms with Gasteiger partial charge in [-0.1, -0.05) is 30.3 Å². The molecule has 190 valence electrons. The first-order valence-electron chi connectivity index (χ1n) is 12.4. The molecular weight excluding hydrogens is 470 g/mol. The summed E-state index contributed by atoms with van der Waals surface area (Å²) >= 11 is 0. The Balaban J connectivity index is 1.30. The van der Waals surface area contributed by atoms with Gasteiger partial charge < -0.3 is 18.9 Å². The second-order valence-corrected chi connectivity index (χ2v) is 9.41. The molecule has 0 fully saturated rings. The van der Waals surface area contributed by atoms with Gasteiger partial charge in [-0.25, -0.2) is 5.01 Å². The number of amides is 1. The summed E-state index contributed by atoms with van der Waals surface area (Å²) in [5.74, 6) is 2.72. The van der Waals surface area contributed by atoms with Crippen LogP contribution < -0.4 is 18.9 Å². The van der Waals surface area contributed by atoms with Crippen LogP contribution in [0.25, 0.3) is 0 Å². The molecule has 1 unspecified atom stereocenters. The van der Waals surface area contributed by atoms with Crippen molar-refractivity contribution < 1.29 is 23.7 Å². The quantitative estimate of drug-likeness (QED) is 0.507. The van der Waals surface area contributed by atoms with Crippen LogP contribution in [0.2, 0.25) is 0 Å². The number of nitrogens with zero attached hydrogens (tertiary/aromatic N) is 3. The maximum absolute atomic E-state index is 13.7. The Morgan fingerprint density at radius 3 is 2.68 bits per heavy atom. The molecular formula is C29H29N3O5. The molecule has 8 nitrogen and oxygen atoms in total. The molecule has 0 saturated heterocycles. The molecule has 0 spiro atoms. The highest BCUT2D eigenvalue weighted by Crippen LogP contribution is 2.40. The summed E-state index contributed by atoms with van der Waals surface area (Å²) in [5.41, 5.74) is 5.23. The summed E-state index contributed by atoms with van der Waals surface area (Å²) in [7, 11) is 3.25. The van der Waals surface area contributed by atoms with Gasteiger partial charge in [0.1, 0.15) is 11.5 Å². The molecule has 0 N–H and O–H groups in total. The second kappa shape index (κ2) is 9.78. The maximum Gasteiger partial charge on any atom is 0.257 e. The second-order valence-electron chi connectivity index (χ2n) is 9.41. The molecule has 1 atom stereocenters. The molecule has 3 aliphatic heterocycles. The van der Waals surface area contributed by atoms with Gasteiger partial charge in [-0.05, 0) is 47.4 Å². The van der Waals surface area contributed by atoms with E-state index in [9.17, 15) is 4.79 Å². The molecule has 3 aromatic carbocycles. The highest BCUT2D eigenvalue weighted by atomic mass is 16.7. The van der Waals surface area contributed by atoms with Crippen LogP contribution in [0.15, 0.2) is 65.8 Å². The first-order chi connectivity index (χ1) is 18.1. The number of rotatable bonds is 6. The lowest BCUT2D eigenvalue weighted by atomic mass is 9.97. The molecule has 0 radical (unpaired) electrons. The van der Waals surface area contributed by atoms with E-state index in [1.165, 1.54) is 11.1 Å². The van der Waals surface area contributed by atoms with Gasteiger partial charge in [0.15, 0.2) is 11.5 Å². The summed E-state index contributed by atoms with van der Waals surface area (Å²) in [4.78, 5) is 15.9. The van der Waals surface area contributed by atoms with Gasteiger partial charge >= 0.3 is 0 Å². The first-order valence-corrected chi connectivity index (χ1v) is 12.4. The number of benzene rings is 3. The maximum atomic E-state index is 13.7. The van der Waals surface area contributed by atoms with E-state index in [0.717, 1.165) is 36.3 Å². The van der Waals surface area contributed by atoms with Crippen molar-refractivity contribution in [1.82, 2.24) is 9.91 Å². The van der Waals surface area contributed by atoms with E-state index >= 15 is 0 Å². The Bertz CT molecular complexity index is 1370. The minimum absolute atomic E-state index is 0.0375. The zero-order valence-corrected chi connectivity index (χ0v) is 21.0. The third-order valence-electron chi connectivity index (χ3n) is 7.24. The Labute approximate surface area is 216 Å². The highest BCUT2D eigenvalue weighted by Gasteiger charge is 2.36. The van der Waals surface area contributed by atoms with Crippen LogP contribution in [-0.2, 0) is 17.8 Å². The standard InChI is InChI=1S/C29H29N3O5/c1-34-22-8-9-23(27(14-22)35-2)24-15-25(20-7-10-26-28(13-20)37-18-36-26)32(30-24)29(33)17-31-12-11-19-5-3-4-6-21(19)16-31/h3-10,13-14,25H,11-12,15-18H2,1-2H3. The third kappa shape index (κ3) is 4.49. The monoisotopic (exact) mass is 499 g/mol. The number of carbonyl (C=O) groups excluding carboxylic acids is 1. The number of hydrogen-bond acceptors (Lipinski definition) is 7. The van der Waals surface area contributed by atoms with Crippen molar-refractivity contribution in [3.05, 3.63) is 82.9 Å². The molecule has 0 aromatic heterocycles. The number of ether oxygens (including phenoxy) is 4. The molecule has 37 heavy (non-hydrogen) atoms. The van der Waals surface area contributed by atoms with E-state index in [2.05, 4.69) is 29.2 Å². The fourth-order valence-electron chi connectivity index (χ4n) is 5.27. The van der Waals surface area contributed by atoms with E-state index in [1.54, 1.807) is 19.2 Å². The lowest BCUT2D eigenvalue weighted by molar-refractivity contribution is -0.134. The molecule has 1 amide bonds. The van der Waals surface area contributed by atoms with Crippen molar-refractivity contribution >= 4 is 11.6 Å². The van der Waals surface area contributed by atoms with Crippen molar-refractivity contribution in [2.45, 2.75) is 25.4 Å². The summed E-state index contributed by atoms with van der Waals surface area (Å²) in [5, 5.41) is 6.50. The minimum atomic E-state index is -0.263. The summed E-state index contributed by atoms with van der Waals surface area (Å²) in [6, 6.07) is 19.7. The largest absolute Gasteiger partial charge is 0.497 e. The third-order valence-corrected chi connectivity index (χ3v) is 7.24. The highest BCUT2D eigenvalue weighted by molar-refractivity contribution is 6.05. The average Bonchev–Trinajstić information content (AvgIpc) is 3.59. The molecule has 0 bridgehead atoms. The number of methoxy groups -OCH3 is 2. The topological polar surface area (TPSA) is 72.8 Å². The number of hydrogen-bond donors (Lipinski definition) is 0. The average molecular weight is 500 g/mol. The van der Waals surface area contributed by atoms with Gasteiger partial charge in [0.25, 0.3) is 5.91 Å². The van der Waals surface area contributed by atoms with Crippen LogP contribution in [0.1, 0.15) is 34.7 Å². The molecule has 3 aromatic rings. The van der Waals surface area contributed by atoms with E-state index in [0.29, 0.717) is 36.0 Å². The van der Waals surface area contributed by atoms with Gasteiger partial charge in [0, 0.05) is 31.1 Å². The van der Waals surface area contributed by atoms with E-state index in [1.807, 2.05) is 36.4 Å². The molecule has 0 saturated carbocycles. The molecule has 3 aliphatic rings. The smallest absolute Gasteiger partial charge is 0.257 e. The van der Waals surface area contributed by atoms with Crippen LogP contribution in [-0.4, -0.2) is 55.6 Å². The Kier molecular flexibility index (Phi) is 6.18. The summed E-state index contributed by atoms with van der Waals surface area (Å²) in [6.45, 7) is 2.10. The van der Waals surface area contributed by atoms with Gasteiger partial charge in [-0.15, -0.1) is 0 Å². The zero-order valence-electron chi connectivity index (χ0n) is 21.0. The molecule has 6 rings (SSSR count). The van der Waals surface area contributed by atoms with E-state index in [4.69, 9.17) is 24.0 Å². The van der Waals surface area contributed by atoms with Crippen molar-refractivity contribution in [1.29, 1.82) is 0 Å². The zero-order chi connectivity index (χ0) is 25.4. The van der Waals surface area contributed by atoms with Crippen molar-refractivity contribution in [2.75, 3.05) is 34.1 Å². The number of fused-ring (bicyclic) bond motifs is 2. The van der Waals surface area contributed by atoms with Crippen molar-refractivity contribution in [3.8, 4) is 23.0 Å². The van der Waals surface area contributed by atoms with Crippen LogP contribution >= 0.6 is 0 Å². The lowest BCUT2D eigenvalue weighted by Crippen LogP contribution is -2.40. The minimum Gasteiger partial charge on any atom is -0.497 e. The number of carbonyl (C=O) groups is 1. The SMILES string of the molecule is COc1ccc(C2=NN(C(=O)CN3CCc4ccccc4C3)C(c3ccc4c(c3)OCO4)C2)c(OC)c1. The first kappa shape index (κ1) is 23.4. The van der Waals surface area contributed by atoms with Crippen LogP contribution in [0.5, 0.6) is 23.0 Å². The van der Waals surface area contributed by atoms with Gasteiger partial charge in [0.2, 0.25) is 6.79 Å². The fourth-order valence-corrected chi connectivity index (χ4v) is 5.27. The van der Waals surface area contributed by atoms with Crippen LogP contribution in [0.4, 0.5) is 0 Å². The predicted molar refractivity (Wildman–Crippen MR) is 138 cm³/mol. The van der Waals surface area contributed by atoms with Crippen LogP contribution in [0.3, 0.4) is 0 Å². The summed E-state index contributed by atoms with van der Waals surface area (Å²) in [6.07, 6.45) is 1.49. The van der Waals surface area contributed by atoms with E-state index in [-0.39, 0.29) is 18.7 Å². The number of hydrazone groups is 1. The summed E-state index contributed by atoms with van der Waals surface area (Å²) < 4.78 is 22.1. The predicted octanol–water partition coefficient (Wildman–Crippen LogP) is 4.17. The Morgan fingerprint density at radius 1 is 1.00 bits per heavy atom. The van der Waals surface area contributed by atoms with Crippen molar-refractivity contribution in [3.63, 3.8) is 0 Å². The Hall–Kier alpha value is -4.04. The normalized spacial score (nSPS) is 18.4. The van der Waals surface area contributed by atoms with Gasteiger partial charge in [-0.3, -0.25) is 9.69 Å².